The Balaban J connectivity index is 1.58. The van der Waals surface area contributed by atoms with Crippen molar-refractivity contribution in [2.45, 2.75) is 32.3 Å². The molecule has 2 atom stereocenters. The third-order valence-electron chi connectivity index (χ3n) is 4.35. The highest BCUT2D eigenvalue weighted by Crippen LogP contribution is 2.39. The van der Waals surface area contributed by atoms with E-state index in [-0.39, 0.29) is 12.0 Å². The number of benzene rings is 1. The molecule has 6 heteroatoms. The molecule has 1 aliphatic heterocycles. The largest absolute Gasteiger partial charge is 0.490 e. The highest BCUT2D eigenvalue weighted by molar-refractivity contribution is 5.98. The number of ether oxygens (including phenoxy) is 2. The fourth-order valence-electron chi connectivity index (χ4n) is 2.83. The number of carboxylic acid groups (broad SMARTS) is 1. The topological polar surface area (TPSA) is 84.9 Å². The number of hydrogen-bond donors (Lipinski definition) is 2. The molecule has 2 N–H and O–H groups in total. The van der Waals surface area contributed by atoms with E-state index >= 15 is 0 Å². The smallest absolute Gasteiger partial charge is 0.307 e. The highest BCUT2D eigenvalue weighted by Gasteiger charge is 2.48. The van der Waals surface area contributed by atoms with Crippen LogP contribution in [0.1, 0.15) is 24.8 Å². The predicted octanol–water partition coefficient (Wildman–Crippen LogP) is 2.21. The molecule has 0 spiro atoms. The molecule has 1 aromatic carbocycles. The fraction of sp³-hybridized carbons (Fsp3) is 0.529. The third-order valence-corrected chi connectivity index (χ3v) is 4.35. The normalized spacial score (nSPS) is 24.0. The number of anilines is 1. The maximum Gasteiger partial charge on any atom is 0.307 e. The minimum absolute atomic E-state index is 0.172. The molecule has 1 aliphatic carbocycles. The monoisotopic (exact) mass is 319 g/mol. The summed E-state index contributed by atoms with van der Waals surface area (Å²) in [7, 11) is 0. The second-order valence-corrected chi connectivity index (χ2v) is 6.19. The van der Waals surface area contributed by atoms with E-state index in [1.165, 1.54) is 0 Å². The van der Waals surface area contributed by atoms with Gasteiger partial charge in [0.05, 0.1) is 25.0 Å². The molecule has 124 valence electrons. The van der Waals surface area contributed by atoms with E-state index in [0.29, 0.717) is 12.1 Å². The lowest BCUT2D eigenvalue weighted by atomic mass is 10.1. The summed E-state index contributed by atoms with van der Waals surface area (Å²) >= 11 is 0. The molecule has 0 aromatic heterocycles. The lowest BCUT2D eigenvalue weighted by molar-refractivity contribution is -0.139. The van der Waals surface area contributed by atoms with Crippen molar-refractivity contribution in [1.29, 1.82) is 0 Å². The zero-order valence-electron chi connectivity index (χ0n) is 13.1. The van der Waals surface area contributed by atoms with Crippen molar-refractivity contribution in [2.24, 2.45) is 11.8 Å². The molecule has 1 aromatic rings. The molecule has 2 aliphatic rings. The van der Waals surface area contributed by atoms with Crippen molar-refractivity contribution >= 4 is 17.6 Å². The number of amides is 1. The molecule has 2 fully saturated rings. The lowest BCUT2D eigenvalue weighted by Crippen LogP contribution is -2.26. The van der Waals surface area contributed by atoms with Crippen LogP contribution in [0, 0.1) is 18.8 Å². The molecule has 23 heavy (non-hydrogen) atoms. The number of aryl methyl sites for hydroxylation is 1. The van der Waals surface area contributed by atoms with Crippen LogP contribution in [0.4, 0.5) is 5.69 Å². The van der Waals surface area contributed by atoms with Crippen LogP contribution in [0.15, 0.2) is 18.2 Å². The number of hydrogen-bond acceptors (Lipinski definition) is 4. The van der Waals surface area contributed by atoms with Gasteiger partial charge in [-0.1, -0.05) is 0 Å². The minimum atomic E-state index is -0.901. The summed E-state index contributed by atoms with van der Waals surface area (Å²) in [6.07, 6.45) is 2.36. The van der Waals surface area contributed by atoms with Crippen molar-refractivity contribution in [1.82, 2.24) is 0 Å². The average Bonchev–Trinajstić information content (AvgIpc) is 3.32. The Morgan fingerprint density at radius 3 is 2.61 bits per heavy atom. The zero-order valence-corrected chi connectivity index (χ0v) is 13.1. The molecule has 1 amide bonds. The summed E-state index contributed by atoms with van der Waals surface area (Å²) in [5, 5.41) is 11.7. The van der Waals surface area contributed by atoms with Gasteiger partial charge in [-0.3, -0.25) is 9.59 Å². The minimum Gasteiger partial charge on any atom is -0.490 e. The van der Waals surface area contributed by atoms with Crippen LogP contribution in [-0.2, 0) is 14.3 Å². The summed E-state index contributed by atoms with van der Waals surface area (Å²) in [6.45, 7) is 3.38. The first-order chi connectivity index (χ1) is 11.0. The van der Waals surface area contributed by atoms with Crippen LogP contribution in [0.5, 0.6) is 5.75 Å². The van der Waals surface area contributed by atoms with Gasteiger partial charge in [-0.05, 0) is 37.1 Å². The van der Waals surface area contributed by atoms with Gasteiger partial charge < -0.3 is 19.9 Å². The van der Waals surface area contributed by atoms with Crippen molar-refractivity contribution in [2.75, 3.05) is 18.5 Å². The van der Waals surface area contributed by atoms with Crippen molar-refractivity contribution in [3.8, 4) is 5.75 Å². The molecule has 0 unspecified atom stereocenters. The fourth-order valence-corrected chi connectivity index (χ4v) is 2.83. The summed E-state index contributed by atoms with van der Waals surface area (Å²) < 4.78 is 11.3. The molecule has 6 nitrogen and oxygen atoms in total. The number of carbonyl (C=O) groups excluding carboxylic acids is 1. The summed E-state index contributed by atoms with van der Waals surface area (Å²) in [5.41, 5.74) is 1.61. The molecule has 1 saturated carbocycles. The Kier molecular flexibility index (Phi) is 4.52. The summed E-state index contributed by atoms with van der Waals surface area (Å²) in [5.74, 6) is -1.26. The zero-order chi connectivity index (χ0) is 16.4. The molecule has 1 saturated heterocycles. The average molecular weight is 319 g/mol. The van der Waals surface area contributed by atoms with Gasteiger partial charge in [-0.25, -0.2) is 0 Å². The van der Waals surface area contributed by atoms with E-state index in [0.717, 1.165) is 37.4 Å². The molecule has 0 radical (unpaired) electrons. The number of rotatable bonds is 5. The molecular formula is C17H21NO5. The SMILES string of the molecule is Cc1cc(NC(=O)[C@@H]2C[C@H]2C(=O)O)ccc1OC1CCOCC1. The van der Waals surface area contributed by atoms with Gasteiger partial charge in [-0.15, -0.1) is 0 Å². The van der Waals surface area contributed by atoms with Gasteiger partial charge in [0.15, 0.2) is 0 Å². The van der Waals surface area contributed by atoms with Crippen LogP contribution < -0.4 is 10.1 Å². The number of aliphatic carboxylic acids is 1. The highest BCUT2D eigenvalue weighted by atomic mass is 16.5. The standard InChI is InChI=1S/C17H21NO5/c1-10-8-11(18-16(19)13-9-14(13)17(20)21)2-3-15(10)23-12-4-6-22-7-5-12/h2-3,8,12-14H,4-7,9H2,1H3,(H,18,19)(H,20,21)/t13-,14-/m1/s1. The van der Waals surface area contributed by atoms with Gasteiger partial charge in [0.1, 0.15) is 11.9 Å². The van der Waals surface area contributed by atoms with E-state index in [1.807, 2.05) is 19.1 Å². The predicted molar refractivity (Wildman–Crippen MR) is 83.5 cm³/mol. The Morgan fingerprint density at radius 2 is 2.00 bits per heavy atom. The first-order valence-electron chi connectivity index (χ1n) is 7.93. The van der Waals surface area contributed by atoms with E-state index in [4.69, 9.17) is 14.6 Å². The maximum atomic E-state index is 12.0. The van der Waals surface area contributed by atoms with Gasteiger partial charge in [-0.2, -0.15) is 0 Å². The number of carboxylic acids is 1. The summed E-state index contributed by atoms with van der Waals surface area (Å²) in [4.78, 5) is 22.8. The van der Waals surface area contributed by atoms with Crippen LogP contribution in [0.3, 0.4) is 0 Å². The third kappa shape index (κ3) is 3.82. The summed E-state index contributed by atoms with van der Waals surface area (Å²) in [6, 6.07) is 5.49. The molecular weight excluding hydrogens is 298 g/mol. The lowest BCUT2D eigenvalue weighted by Gasteiger charge is -2.24. The van der Waals surface area contributed by atoms with Crippen LogP contribution >= 0.6 is 0 Å². The van der Waals surface area contributed by atoms with Gasteiger partial charge in [0, 0.05) is 18.5 Å². The molecule has 3 rings (SSSR count). The van der Waals surface area contributed by atoms with Crippen LogP contribution in [0.2, 0.25) is 0 Å². The van der Waals surface area contributed by atoms with Crippen molar-refractivity contribution in [3.05, 3.63) is 23.8 Å². The van der Waals surface area contributed by atoms with Gasteiger partial charge in [0.2, 0.25) is 5.91 Å². The van der Waals surface area contributed by atoms with E-state index in [1.54, 1.807) is 6.07 Å². The Hall–Kier alpha value is -2.08. The van der Waals surface area contributed by atoms with Crippen LogP contribution in [-0.4, -0.2) is 36.3 Å². The molecule has 1 heterocycles. The number of nitrogens with one attached hydrogen (secondary N) is 1. The van der Waals surface area contributed by atoms with Gasteiger partial charge in [0.25, 0.3) is 0 Å². The Morgan fingerprint density at radius 1 is 1.26 bits per heavy atom. The van der Waals surface area contributed by atoms with E-state index in [2.05, 4.69) is 5.32 Å². The van der Waals surface area contributed by atoms with Crippen LogP contribution in [0.25, 0.3) is 0 Å². The second kappa shape index (κ2) is 6.58. The first-order valence-corrected chi connectivity index (χ1v) is 7.93. The van der Waals surface area contributed by atoms with Crippen molar-refractivity contribution in [3.63, 3.8) is 0 Å². The van der Waals surface area contributed by atoms with E-state index in [9.17, 15) is 9.59 Å². The quantitative estimate of drug-likeness (QED) is 0.869. The Bertz CT molecular complexity index is 609. The van der Waals surface area contributed by atoms with Crippen molar-refractivity contribution < 1.29 is 24.2 Å². The Labute approximate surface area is 134 Å². The second-order valence-electron chi connectivity index (χ2n) is 6.19. The number of carbonyl (C=O) groups is 2. The maximum absolute atomic E-state index is 12.0. The molecule has 0 bridgehead atoms. The first kappa shape index (κ1) is 15.8. The van der Waals surface area contributed by atoms with Gasteiger partial charge >= 0.3 is 5.97 Å². The van der Waals surface area contributed by atoms with E-state index < -0.39 is 17.8 Å².